The van der Waals surface area contributed by atoms with Crippen LogP contribution in [0.5, 0.6) is 5.75 Å². The minimum absolute atomic E-state index is 0.0556. The molecule has 1 spiro atoms. The van der Waals surface area contributed by atoms with Crippen LogP contribution in [-0.4, -0.2) is 28.5 Å². The summed E-state index contributed by atoms with van der Waals surface area (Å²) in [7, 11) is 0. The second-order valence-corrected chi connectivity index (χ2v) is 8.05. The Balaban J connectivity index is 1.90. The van der Waals surface area contributed by atoms with Crippen LogP contribution in [0.25, 0.3) is 0 Å². The first-order chi connectivity index (χ1) is 13.8. The minimum Gasteiger partial charge on any atom is -0.493 e. The number of ether oxygens (including phenoxy) is 1. The van der Waals surface area contributed by atoms with Crippen LogP contribution in [0.4, 0.5) is 8.78 Å². The number of carbonyl (C=O) groups is 2. The maximum atomic E-state index is 14.4. The van der Waals surface area contributed by atoms with Gasteiger partial charge in [-0.25, -0.2) is 13.8 Å². The molecule has 2 aromatic carbocycles. The van der Waals surface area contributed by atoms with Gasteiger partial charge >= 0.3 is 0 Å². The SMILES string of the molecule is CC(=O)N1N=C(c2cc(F)ccc2F)SC12c1ccccc1OCC2CC(N)=O. The number of halogens is 2. The summed E-state index contributed by atoms with van der Waals surface area (Å²) < 4.78 is 34.0. The summed E-state index contributed by atoms with van der Waals surface area (Å²) in [5.41, 5.74) is 6.01. The molecule has 2 aliphatic rings. The van der Waals surface area contributed by atoms with Gasteiger partial charge in [-0.15, -0.1) is 0 Å². The minimum atomic E-state index is -1.16. The molecule has 29 heavy (non-hydrogen) atoms. The van der Waals surface area contributed by atoms with Gasteiger partial charge in [0, 0.05) is 30.4 Å². The molecule has 0 aromatic heterocycles. The summed E-state index contributed by atoms with van der Waals surface area (Å²) in [5, 5.41) is 5.71. The van der Waals surface area contributed by atoms with Crippen LogP contribution < -0.4 is 10.5 Å². The largest absolute Gasteiger partial charge is 0.493 e. The van der Waals surface area contributed by atoms with Crippen molar-refractivity contribution in [2.24, 2.45) is 16.8 Å². The smallest absolute Gasteiger partial charge is 0.241 e. The van der Waals surface area contributed by atoms with E-state index in [1.165, 1.54) is 11.9 Å². The lowest BCUT2D eigenvalue weighted by Gasteiger charge is -2.44. The third kappa shape index (κ3) is 3.15. The van der Waals surface area contributed by atoms with Gasteiger partial charge in [-0.3, -0.25) is 9.59 Å². The maximum absolute atomic E-state index is 14.4. The fraction of sp³-hybridized carbons (Fsp3) is 0.250. The molecular weight excluding hydrogens is 400 g/mol. The van der Waals surface area contributed by atoms with Crippen LogP contribution in [0, 0.1) is 17.6 Å². The van der Waals surface area contributed by atoms with E-state index in [1.54, 1.807) is 24.3 Å². The molecule has 2 heterocycles. The molecular formula is C20H17F2N3O3S. The fourth-order valence-electron chi connectivity index (χ4n) is 3.73. The fourth-order valence-corrected chi connectivity index (χ4v) is 5.26. The zero-order valence-corrected chi connectivity index (χ0v) is 16.2. The molecule has 150 valence electrons. The van der Waals surface area contributed by atoms with E-state index >= 15 is 0 Å². The van der Waals surface area contributed by atoms with E-state index in [0.717, 1.165) is 30.0 Å². The number of hydrogen-bond donors (Lipinski definition) is 1. The normalized spacial score (nSPS) is 22.8. The Bertz CT molecular complexity index is 1050. The van der Waals surface area contributed by atoms with Gasteiger partial charge in [0.1, 0.15) is 22.4 Å². The Kier molecular flexibility index (Phi) is 4.77. The number of hydrogen-bond acceptors (Lipinski definition) is 5. The van der Waals surface area contributed by atoms with Crippen molar-refractivity contribution in [3.63, 3.8) is 0 Å². The number of benzene rings is 2. The monoisotopic (exact) mass is 417 g/mol. The number of nitrogens with two attached hydrogens (primary N) is 1. The molecule has 0 saturated carbocycles. The van der Waals surface area contributed by atoms with Crippen LogP contribution in [-0.2, 0) is 14.5 Å². The summed E-state index contributed by atoms with van der Waals surface area (Å²) >= 11 is 1.10. The van der Waals surface area contributed by atoms with Gasteiger partial charge in [-0.2, -0.15) is 5.10 Å². The van der Waals surface area contributed by atoms with Crippen LogP contribution in [0.3, 0.4) is 0 Å². The number of amides is 2. The van der Waals surface area contributed by atoms with E-state index in [-0.39, 0.29) is 23.6 Å². The number of hydrazone groups is 1. The van der Waals surface area contributed by atoms with E-state index in [1.807, 2.05) is 0 Å². The van der Waals surface area contributed by atoms with Crippen LogP contribution in [0.2, 0.25) is 0 Å². The first-order valence-electron chi connectivity index (χ1n) is 8.87. The highest BCUT2D eigenvalue weighted by atomic mass is 32.2. The predicted molar refractivity (Wildman–Crippen MR) is 104 cm³/mol. The number of rotatable bonds is 3. The molecule has 2 N–H and O–H groups in total. The summed E-state index contributed by atoms with van der Waals surface area (Å²) in [6.07, 6.45) is -0.0699. The maximum Gasteiger partial charge on any atom is 0.241 e. The second-order valence-electron chi connectivity index (χ2n) is 6.83. The van der Waals surface area contributed by atoms with E-state index < -0.39 is 34.2 Å². The third-order valence-corrected chi connectivity index (χ3v) is 6.46. The van der Waals surface area contributed by atoms with Crippen molar-refractivity contribution in [3.05, 3.63) is 65.2 Å². The van der Waals surface area contributed by atoms with Gasteiger partial charge in [0.05, 0.1) is 6.61 Å². The van der Waals surface area contributed by atoms with Crippen LogP contribution in [0.15, 0.2) is 47.6 Å². The molecule has 2 aliphatic heterocycles. The van der Waals surface area contributed by atoms with Gasteiger partial charge in [-0.05, 0) is 24.3 Å². The van der Waals surface area contributed by atoms with E-state index in [2.05, 4.69) is 5.10 Å². The highest BCUT2D eigenvalue weighted by Gasteiger charge is 2.57. The molecule has 0 radical (unpaired) electrons. The number of para-hydroxylation sites is 1. The quantitative estimate of drug-likeness (QED) is 0.832. The molecule has 0 fully saturated rings. The predicted octanol–water partition coefficient (Wildman–Crippen LogP) is 2.96. The Hall–Kier alpha value is -2.94. The molecule has 2 aromatic rings. The van der Waals surface area contributed by atoms with Gasteiger partial charge in [0.15, 0.2) is 4.87 Å². The van der Waals surface area contributed by atoms with Crippen molar-refractivity contribution in [1.82, 2.24) is 5.01 Å². The summed E-state index contributed by atoms with van der Waals surface area (Å²) in [6, 6.07) is 10.1. The number of primary amides is 1. The van der Waals surface area contributed by atoms with Crippen LogP contribution in [0.1, 0.15) is 24.5 Å². The standard InChI is InChI=1S/C20H17F2N3O3S/c1-11(26)25-20(29-19(24-25)14-9-13(21)6-7-16(14)22)12(8-18(23)27)10-28-17-5-3-2-4-15(17)20/h2-7,9,12H,8,10H2,1H3,(H2,23,27). The molecule has 9 heteroatoms. The Labute approximate surface area is 169 Å². The summed E-state index contributed by atoms with van der Waals surface area (Å²) in [6.45, 7) is 1.45. The number of thioether (sulfide) groups is 1. The van der Waals surface area contributed by atoms with Crippen molar-refractivity contribution in [1.29, 1.82) is 0 Å². The highest BCUT2D eigenvalue weighted by molar-refractivity contribution is 8.15. The van der Waals surface area contributed by atoms with Crippen molar-refractivity contribution >= 4 is 28.6 Å². The number of fused-ring (bicyclic) bond motifs is 2. The Morgan fingerprint density at radius 2 is 2.07 bits per heavy atom. The third-order valence-electron chi connectivity index (χ3n) is 4.93. The molecule has 4 rings (SSSR count). The lowest BCUT2D eigenvalue weighted by molar-refractivity contribution is -0.136. The molecule has 0 saturated heterocycles. The Morgan fingerprint density at radius 3 is 2.79 bits per heavy atom. The van der Waals surface area contributed by atoms with Gasteiger partial charge in [-0.1, -0.05) is 30.0 Å². The van der Waals surface area contributed by atoms with Gasteiger partial charge in [0.25, 0.3) is 0 Å². The average Bonchev–Trinajstić information content (AvgIpc) is 3.07. The molecule has 0 bridgehead atoms. The van der Waals surface area contributed by atoms with E-state index in [4.69, 9.17) is 10.5 Å². The number of nitrogens with zero attached hydrogens (tertiary/aromatic N) is 2. The molecule has 0 aliphatic carbocycles. The van der Waals surface area contributed by atoms with Crippen molar-refractivity contribution in [3.8, 4) is 5.75 Å². The molecule has 2 unspecified atom stereocenters. The topological polar surface area (TPSA) is 85.0 Å². The average molecular weight is 417 g/mol. The second kappa shape index (κ2) is 7.14. The summed E-state index contributed by atoms with van der Waals surface area (Å²) in [4.78, 5) is 23.2. The number of carbonyl (C=O) groups excluding carboxylic acids is 2. The van der Waals surface area contributed by atoms with Crippen molar-refractivity contribution in [2.75, 3.05) is 6.61 Å². The van der Waals surface area contributed by atoms with Crippen molar-refractivity contribution in [2.45, 2.75) is 18.2 Å². The van der Waals surface area contributed by atoms with E-state index in [0.29, 0.717) is 11.3 Å². The first kappa shape index (κ1) is 19.4. The molecule has 2 atom stereocenters. The molecule has 2 amide bonds. The zero-order valence-electron chi connectivity index (χ0n) is 15.4. The lowest BCUT2D eigenvalue weighted by Crippen LogP contribution is -2.51. The van der Waals surface area contributed by atoms with E-state index in [9.17, 15) is 18.4 Å². The van der Waals surface area contributed by atoms with Crippen LogP contribution >= 0.6 is 11.8 Å². The first-order valence-corrected chi connectivity index (χ1v) is 9.69. The van der Waals surface area contributed by atoms with Gasteiger partial charge < -0.3 is 10.5 Å². The highest BCUT2D eigenvalue weighted by Crippen LogP contribution is 2.57. The van der Waals surface area contributed by atoms with Gasteiger partial charge in [0.2, 0.25) is 11.8 Å². The Morgan fingerprint density at radius 1 is 1.31 bits per heavy atom. The zero-order chi connectivity index (χ0) is 20.8. The lowest BCUT2D eigenvalue weighted by atomic mass is 9.86. The summed E-state index contributed by atoms with van der Waals surface area (Å²) in [5.74, 6) is -2.27. The molecule has 6 nitrogen and oxygen atoms in total. The van der Waals surface area contributed by atoms with Crippen molar-refractivity contribution < 1.29 is 23.1 Å².